The predicted molar refractivity (Wildman–Crippen MR) is 113 cm³/mol. The third-order valence-corrected chi connectivity index (χ3v) is 4.82. The Bertz CT molecular complexity index is 1310. The van der Waals surface area contributed by atoms with Crippen LogP contribution in [0.1, 0.15) is 22.8 Å². The van der Waals surface area contributed by atoms with Gasteiger partial charge < -0.3 is 10.4 Å². The molecule has 0 aliphatic heterocycles. The Morgan fingerprint density at radius 1 is 1.13 bits per heavy atom. The number of benzene rings is 2. The third kappa shape index (κ3) is 3.41. The zero-order valence-corrected chi connectivity index (χ0v) is 16.1. The molecular weight excluding hydrogens is 385 g/mol. The summed E-state index contributed by atoms with van der Waals surface area (Å²) in [6.07, 6.45) is 2.30. The highest BCUT2D eigenvalue weighted by molar-refractivity contribution is 6.09. The second kappa shape index (κ2) is 7.79. The average molecular weight is 403 g/mol. The molecule has 0 aliphatic rings. The molecule has 0 spiro atoms. The normalized spacial score (nSPS) is 10.9. The minimum atomic E-state index is -0.799. The number of pyridine rings is 2. The van der Waals surface area contributed by atoms with E-state index in [1.807, 2.05) is 19.1 Å². The Kier molecular flexibility index (Phi) is 5.02. The van der Waals surface area contributed by atoms with Gasteiger partial charge in [0, 0.05) is 11.9 Å². The standard InChI is InChI=1S/C23H18FN3O3/c1-2-14-8-10-16(11-9-14)26-22(29)19-20(28)18-7-4-12-25-21(18)27(23(19)30)17-6-3-5-15(24)13-17/h3-13,28H,2H2,1H3,(H,26,29). The molecule has 0 bridgehead atoms. The molecule has 150 valence electrons. The number of carbonyl (C=O) groups is 1. The van der Waals surface area contributed by atoms with Gasteiger partial charge in [-0.05, 0) is 54.4 Å². The molecule has 4 rings (SSSR count). The molecule has 2 aromatic heterocycles. The molecule has 0 radical (unpaired) electrons. The van der Waals surface area contributed by atoms with Crippen LogP contribution >= 0.6 is 0 Å². The Morgan fingerprint density at radius 2 is 1.90 bits per heavy atom. The summed E-state index contributed by atoms with van der Waals surface area (Å²) in [6.45, 7) is 2.02. The highest BCUT2D eigenvalue weighted by atomic mass is 19.1. The van der Waals surface area contributed by atoms with Gasteiger partial charge in [-0.15, -0.1) is 0 Å². The van der Waals surface area contributed by atoms with Crippen molar-refractivity contribution >= 4 is 22.6 Å². The Balaban J connectivity index is 1.89. The fourth-order valence-electron chi connectivity index (χ4n) is 3.28. The number of halogens is 1. The summed E-state index contributed by atoms with van der Waals surface area (Å²) in [5.74, 6) is -1.78. The van der Waals surface area contributed by atoms with Gasteiger partial charge in [0.1, 0.15) is 17.1 Å². The molecule has 2 aromatic carbocycles. The Morgan fingerprint density at radius 3 is 2.60 bits per heavy atom. The van der Waals surface area contributed by atoms with Crippen molar-refractivity contribution in [2.24, 2.45) is 0 Å². The minimum Gasteiger partial charge on any atom is -0.506 e. The summed E-state index contributed by atoms with van der Waals surface area (Å²) in [5, 5.41) is 13.5. The molecule has 0 aliphatic carbocycles. The lowest BCUT2D eigenvalue weighted by Crippen LogP contribution is -2.29. The maximum Gasteiger partial charge on any atom is 0.273 e. The van der Waals surface area contributed by atoms with E-state index in [1.165, 1.54) is 24.4 Å². The topological polar surface area (TPSA) is 84.2 Å². The molecule has 2 heterocycles. The molecule has 0 unspecified atom stereocenters. The van der Waals surface area contributed by atoms with Crippen LogP contribution in [0, 0.1) is 5.82 Å². The summed E-state index contributed by atoms with van der Waals surface area (Å²) < 4.78 is 14.9. The molecule has 30 heavy (non-hydrogen) atoms. The quantitative estimate of drug-likeness (QED) is 0.539. The molecule has 6 nitrogen and oxygen atoms in total. The van der Waals surface area contributed by atoms with Crippen LogP contribution in [0.3, 0.4) is 0 Å². The van der Waals surface area contributed by atoms with Crippen molar-refractivity contribution in [2.45, 2.75) is 13.3 Å². The second-order valence-corrected chi connectivity index (χ2v) is 6.72. The van der Waals surface area contributed by atoms with Crippen molar-refractivity contribution < 1.29 is 14.3 Å². The molecule has 0 atom stereocenters. The molecule has 4 aromatic rings. The van der Waals surface area contributed by atoms with Crippen molar-refractivity contribution in [3.63, 3.8) is 0 Å². The summed E-state index contributed by atoms with van der Waals surface area (Å²) in [4.78, 5) is 30.3. The predicted octanol–water partition coefficient (Wildman–Crippen LogP) is 4.05. The number of nitrogens with one attached hydrogen (secondary N) is 1. The SMILES string of the molecule is CCc1ccc(NC(=O)c2c(O)c3cccnc3n(-c3cccc(F)c3)c2=O)cc1. The van der Waals surface area contributed by atoms with E-state index in [0.29, 0.717) is 5.69 Å². The fourth-order valence-corrected chi connectivity index (χ4v) is 3.28. The number of aromatic nitrogens is 2. The number of aryl methyl sites for hydroxylation is 1. The first-order valence-electron chi connectivity index (χ1n) is 9.38. The van der Waals surface area contributed by atoms with E-state index < -0.39 is 28.6 Å². The van der Waals surface area contributed by atoms with Gasteiger partial charge in [-0.3, -0.25) is 14.2 Å². The fraction of sp³-hybridized carbons (Fsp3) is 0.0870. The maximum atomic E-state index is 13.8. The second-order valence-electron chi connectivity index (χ2n) is 6.72. The van der Waals surface area contributed by atoms with Crippen molar-refractivity contribution in [1.82, 2.24) is 9.55 Å². The van der Waals surface area contributed by atoms with E-state index in [0.717, 1.165) is 22.6 Å². The monoisotopic (exact) mass is 403 g/mol. The van der Waals surface area contributed by atoms with Crippen LogP contribution in [0.2, 0.25) is 0 Å². The highest BCUT2D eigenvalue weighted by Crippen LogP contribution is 2.27. The number of nitrogens with zero attached hydrogens (tertiary/aromatic N) is 2. The van der Waals surface area contributed by atoms with Crippen LogP contribution in [0.4, 0.5) is 10.1 Å². The van der Waals surface area contributed by atoms with Crippen LogP contribution in [0.25, 0.3) is 16.7 Å². The van der Waals surface area contributed by atoms with E-state index in [1.54, 1.807) is 24.3 Å². The summed E-state index contributed by atoms with van der Waals surface area (Å²) in [5.41, 5.74) is 0.659. The van der Waals surface area contributed by atoms with Crippen LogP contribution in [-0.2, 0) is 6.42 Å². The number of amides is 1. The number of rotatable bonds is 4. The molecular formula is C23H18FN3O3. The number of fused-ring (bicyclic) bond motifs is 1. The van der Waals surface area contributed by atoms with Crippen LogP contribution < -0.4 is 10.9 Å². The lowest BCUT2D eigenvalue weighted by atomic mass is 10.1. The first-order valence-corrected chi connectivity index (χ1v) is 9.38. The Labute approximate surface area is 171 Å². The van der Waals surface area contributed by atoms with Gasteiger partial charge in [-0.1, -0.05) is 25.1 Å². The van der Waals surface area contributed by atoms with E-state index >= 15 is 0 Å². The minimum absolute atomic E-state index is 0.120. The van der Waals surface area contributed by atoms with E-state index in [-0.39, 0.29) is 16.7 Å². The van der Waals surface area contributed by atoms with Crippen molar-refractivity contribution in [1.29, 1.82) is 0 Å². The summed E-state index contributed by atoms with van der Waals surface area (Å²) in [6, 6.07) is 15.7. The Hall–Kier alpha value is -4.00. The van der Waals surface area contributed by atoms with Gasteiger partial charge in [-0.25, -0.2) is 9.37 Å². The van der Waals surface area contributed by atoms with Gasteiger partial charge in [0.05, 0.1) is 11.1 Å². The lowest BCUT2D eigenvalue weighted by molar-refractivity contribution is 0.102. The van der Waals surface area contributed by atoms with Crippen molar-refractivity contribution in [3.8, 4) is 11.4 Å². The molecule has 0 fully saturated rings. The van der Waals surface area contributed by atoms with Crippen LogP contribution in [-0.4, -0.2) is 20.6 Å². The largest absolute Gasteiger partial charge is 0.506 e. The first-order chi connectivity index (χ1) is 14.5. The van der Waals surface area contributed by atoms with E-state index in [9.17, 15) is 19.1 Å². The zero-order valence-electron chi connectivity index (χ0n) is 16.1. The molecule has 2 N–H and O–H groups in total. The summed E-state index contributed by atoms with van der Waals surface area (Å²) in [7, 11) is 0. The molecule has 7 heteroatoms. The molecule has 0 saturated heterocycles. The van der Waals surface area contributed by atoms with Gasteiger partial charge in [0.15, 0.2) is 5.65 Å². The first kappa shape index (κ1) is 19.3. The van der Waals surface area contributed by atoms with Gasteiger partial charge in [0.25, 0.3) is 11.5 Å². The number of anilines is 1. The highest BCUT2D eigenvalue weighted by Gasteiger charge is 2.23. The number of hydrogen-bond acceptors (Lipinski definition) is 4. The van der Waals surface area contributed by atoms with Crippen LogP contribution in [0.15, 0.2) is 71.7 Å². The molecule has 0 saturated carbocycles. The van der Waals surface area contributed by atoms with E-state index in [2.05, 4.69) is 10.3 Å². The van der Waals surface area contributed by atoms with E-state index in [4.69, 9.17) is 0 Å². The number of carbonyl (C=O) groups excluding carboxylic acids is 1. The van der Waals surface area contributed by atoms with Gasteiger partial charge in [0.2, 0.25) is 0 Å². The van der Waals surface area contributed by atoms with Crippen molar-refractivity contribution in [2.75, 3.05) is 5.32 Å². The number of hydrogen-bond donors (Lipinski definition) is 2. The maximum absolute atomic E-state index is 13.8. The van der Waals surface area contributed by atoms with Gasteiger partial charge in [-0.2, -0.15) is 0 Å². The zero-order chi connectivity index (χ0) is 21.3. The summed E-state index contributed by atoms with van der Waals surface area (Å²) >= 11 is 0. The number of aromatic hydroxyl groups is 1. The van der Waals surface area contributed by atoms with Crippen molar-refractivity contribution in [3.05, 3.63) is 94.2 Å². The lowest BCUT2D eigenvalue weighted by Gasteiger charge is -2.14. The van der Waals surface area contributed by atoms with Crippen LogP contribution in [0.5, 0.6) is 5.75 Å². The van der Waals surface area contributed by atoms with Gasteiger partial charge >= 0.3 is 0 Å². The molecule has 1 amide bonds. The average Bonchev–Trinajstić information content (AvgIpc) is 2.74. The smallest absolute Gasteiger partial charge is 0.273 e. The third-order valence-electron chi connectivity index (χ3n) is 4.82.